The van der Waals surface area contributed by atoms with E-state index in [0.29, 0.717) is 12.3 Å². The monoisotopic (exact) mass is 347 g/mol. The van der Waals surface area contributed by atoms with Crippen molar-refractivity contribution in [2.45, 2.75) is 64.5 Å². The number of carboxylic acids is 1. The normalized spacial score (nSPS) is 21.8. The Morgan fingerprint density at radius 3 is 2.44 bits per heavy atom. The van der Waals surface area contributed by atoms with Crippen molar-refractivity contribution in [3.63, 3.8) is 0 Å². The molecule has 5 nitrogen and oxygen atoms in total. The molecule has 1 aromatic carbocycles. The first-order chi connectivity index (χ1) is 11.9. The Kier molecular flexibility index (Phi) is 7.00. The third-order valence-corrected chi connectivity index (χ3v) is 4.90. The summed E-state index contributed by atoms with van der Waals surface area (Å²) >= 11 is 0. The number of hydrogen-bond donors (Lipinski definition) is 2. The van der Waals surface area contributed by atoms with E-state index >= 15 is 0 Å². The van der Waals surface area contributed by atoms with E-state index in [1.165, 1.54) is 0 Å². The van der Waals surface area contributed by atoms with E-state index in [2.05, 4.69) is 0 Å². The molecule has 0 saturated heterocycles. The lowest BCUT2D eigenvalue weighted by Gasteiger charge is -2.29. The van der Waals surface area contributed by atoms with Crippen LogP contribution < -0.4 is 5.73 Å². The van der Waals surface area contributed by atoms with Crippen molar-refractivity contribution in [2.75, 3.05) is 0 Å². The van der Waals surface area contributed by atoms with Gasteiger partial charge >= 0.3 is 11.9 Å². The minimum absolute atomic E-state index is 0.0716. The van der Waals surface area contributed by atoms with E-state index in [-0.39, 0.29) is 24.4 Å². The Morgan fingerprint density at radius 1 is 1.20 bits per heavy atom. The van der Waals surface area contributed by atoms with Gasteiger partial charge in [0, 0.05) is 0 Å². The van der Waals surface area contributed by atoms with Crippen molar-refractivity contribution in [3.8, 4) is 0 Å². The lowest BCUT2D eigenvalue weighted by Crippen LogP contribution is -2.33. The van der Waals surface area contributed by atoms with E-state index in [0.717, 1.165) is 36.8 Å². The maximum Gasteiger partial charge on any atom is 0.323 e. The summed E-state index contributed by atoms with van der Waals surface area (Å²) in [5, 5.41) is 9.41. The van der Waals surface area contributed by atoms with Gasteiger partial charge in [-0.2, -0.15) is 0 Å². The van der Waals surface area contributed by atoms with E-state index in [1.54, 1.807) is 0 Å². The molecule has 0 bridgehead atoms. The summed E-state index contributed by atoms with van der Waals surface area (Å²) in [6.45, 7) is 4.22. The third-order valence-electron chi connectivity index (χ3n) is 4.90. The highest BCUT2D eigenvalue weighted by Gasteiger charge is 2.31. The average Bonchev–Trinajstić information content (AvgIpc) is 2.59. The van der Waals surface area contributed by atoms with Gasteiger partial charge in [-0.1, -0.05) is 51.0 Å². The number of carbonyl (C=O) groups is 2. The molecule has 1 saturated carbocycles. The van der Waals surface area contributed by atoms with Crippen molar-refractivity contribution >= 4 is 11.9 Å². The van der Waals surface area contributed by atoms with Crippen molar-refractivity contribution in [1.29, 1.82) is 0 Å². The number of benzene rings is 1. The summed E-state index contributed by atoms with van der Waals surface area (Å²) < 4.78 is 5.28. The van der Waals surface area contributed by atoms with Crippen LogP contribution in [-0.2, 0) is 20.9 Å². The number of hydrogen-bond acceptors (Lipinski definition) is 4. The maximum atomic E-state index is 11.9. The number of ether oxygens (including phenoxy) is 1. The zero-order valence-electron chi connectivity index (χ0n) is 15.1. The fourth-order valence-electron chi connectivity index (χ4n) is 3.55. The van der Waals surface area contributed by atoms with Gasteiger partial charge in [-0.05, 0) is 42.2 Å². The van der Waals surface area contributed by atoms with Gasteiger partial charge in [0.05, 0.1) is 5.92 Å². The minimum Gasteiger partial charge on any atom is -0.481 e. The Morgan fingerprint density at radius 2 is 1.84 bits per heavy atom. The van der Waals surface area contributed by atoms with Crippen molar-refractivity contribution in [3.05, 3.63) is 35.4 Å². The van der Waals surface area contributed by atoms with Gasteiger partial charge in [0.1, 0.15) is 12.6 Å². The van der Waals surface area contributed by atoms with Crippen LogP contribution in [0.3, 0.4) is 0 Å². The van der Waals surface area contributed by atoms with E-state index in [1.807, 2.05) is 38.1 Å². The van der Waals surface area contributed by atoms with Crippen molar-refractivity contribution in [1.82, 2.24) is 0 Å². The first-order valence-corrected chi connectivity index (χ1v) is 9.12. The third kappa shape index (κ3) is 5.56. The summed E-state index contributed by atoms with van der Waals surface area (Å²) in [7, 11) is 0. The fraction of sp³-hybridized carbons (Fsp3) is 0.600. The van der Waals surface area contributed by atoms with Gasteiger partial charge in [0.2, 0.25) is 0 Å². The lowest BCUT2D eigenvalue weighted by molar-refractivity contribution is -0.147. The molecule has 0 amide bonds. The van der Waals surface area contributed by atoms with Gasteiger partial charge in [-0.25, -0.2) is 0 Å². The second kappa shape index (κ2) is 8.99. The highest BCUT2D eigenvalue weighted by molar-refractivity contribution is 5.75. The summed E-state index contributed by atoms with van der Waals surface area (Å²) in [4.78, 5) is 23.3. The van der Waals surface area contributed by atoms with Crippen LogP contribution in [-0.4, -0.2) is 23.1 Å². The fourth-order valence-corrected chi connectivity index (χ4v) is 3.55. The predicted molar refractivity (Wildman–Crippen MR) is 96.0 cm³/mol. The Balaban J connectivity index is 1.93. The van der Waals surface area contributed by atoms with Crippen molar-refractivity contribution < 1.29 is 19.4 Å². The predicted octanol–water partition coefficient (Wildman–Crippen LogP) is 3.46. The van der Waals surface area contributed by atoms with E-state index < -0.39 is 12.0 Å². The van der Waals surface area contributed by atoms with Crippen LogP contribution in [0.1, 0.15) is 63.0 Å². The smallest absolute Gasteiger partial charge is 0.323 e. The molecule has 1 fully saturated rings. The Bertz CT molecular complexity index is 582. The number of esters is 1. The number of aliphatic carboxylic acids is 1. The molecule has 3 atom stereocenters. The maximum absolute atomic E-state index is 11.9. The molecule has 0 heterocycles. The molecule has 2 rings (SSSR count). The summed E-state index contributed by atoms with van der Waals surface area (Å²) in [6, 6.07) is 7.15. The number of carbonyl (C=O) groups excluding carboxylic acids is 1. The minimum atomic E-state index is -0.707. The molecule has 0 aliphatic heterocycles. The largest absolute Gasteiger partial charge is 0.481 e. The molecule has 5 heteroatoms. The molecule has 138 valence electrons. The van der Waals surface area contributed by atoms with Crippen LogP contribution in [0.25, 0.3) is 0 Å². The molecular formula is C20H29NO4. The number of nitrogens with two attached hydrogens (primary N) is 1. The van der Waals surface area contributed by atoms with Gasteiger partial charge in [0.15, 0.2) is 0 Å². The quantitative estimate of drug-likeness (QED) is 0.737. The number of rotatable bonds is 7. The van der Waals surface area contributed by atoms with Crippen LogP contribution in [0.2, 0.25) is 0 Å². The van der Waals surface area contributed by atoms with Crippen LogP contribution in [0.4, 0.5) is 0 Å². The van der Waals surface area contributed by atoms with Crippen LogP contribution in [0.5, 0.6) is 0 Å². The standard InChI is InChI=1S/C20H29NO4/c1-13(2)11-18(21)20(24)25-12-14-7-9-15(10-8-14)16-5-3-4-6-17(16)19(22)23/h7-10,13,16-18H,3-6,11-12,21H2,1-2H3,(H,22,23)/t16?,17?,18-/m0/s1. The van der Waals surface area contributed by atoms with Gasteiger partial charge < -0.3 is 15.6 Å². The molecule has 0 spiro atoms. The first-order valence-electron chi connectivity index (χ1n) is 9.12. The molecular weight excluding hydrogens is 318 g/mol. The van der Waals surface area contributed by atoms with Crippen molar-refractivity contribution in [2.24, 2.45) is 17.6 Å². The molecule has 1 aliphatic rings. The molecule has 0 radical (unpaired) electrons. The Labute approximate surface area is 149 Å². The zero-order chi connectivity index (χ0) is 18.4. The lowest BCUT2D eigenvalue weighted by atomic mass is 9.75. The molecule has 0 aromatic heterocycles. The second-order valence-corrected chi connectivity index (χ2v) is 7.42. The van der Waals surface area contributed by atoms with Gasteiger partial charge in [0.25, 0.3) is 0 Å². The topological polar surface area (TPSA) is 89.6 Å². The molecule has 3 N–H and O–H groups in total. The second-order valence-electron chi connectivity index (χ2n) is 7.42. The average molecular weight is 347 g/mol. The van der Waals surface area contributed by atoms with Crippen LogP contribution >= 0.6 is 0 Å². The summed E-state index contributed by atoms with van der Waals surface area (Å²) in [5.41, 5.74) is 7.76. The van der Waals surface area contributed by atoms with E-state index in [4.69, 9.17) is 10.5 Å². The highest BCUT2D eigenvalue weighted by atomic mass is 16.5. The van der Waals surface area contributed by atoms with Gasteiger partial charge in [-0.15, -0.1) is 0 Å². The molecule has 1 aromatic rings. The first kappa shape index (κ1) is 19.4. The number of carboxylic acid groups (broad SMARTS) is 1. The zero-order valence-corrected chi connectivity index (χ0v) is 15.1. The summed E-state index contributed by atoms with van der Waals surface area (Å²) in [5.74, 6) is -0.967. The molecule has 25 heavy (non-hydrogen) atoms. The van der Waals surface area contributed by atoms with Crippen LogP contribution in [0.15, 0.2) is 24.3 Å². The molecule has 1 aliphatic carbocycles. The van der Waals surface area contributed by atoms with Gasteiger partial charge in [-0.3, -0.25) is 9.59 Å². The van der Waals surface area contributed by atoms with Crippen LogP contribution in [0, 0.1) is 11.8 Å². The van der Waals surface area contributed by atoms with E-state index in [9.17, 15) is 14.7 Å². The summed E-state index contributed by atoms with van der Waals surface area (Å²) in [6.07, 6.45) is 4.32. The Hall–Kier alpha value is -1.88. The highest BCUT2D eigenvalue weighted by Crippen LogP contribution is 2.38. The SMILES string of the molecule is CC(C)C[C@H](N)C(=O)OCc1ccc(C2CCCCC2C(=O)O)cc1. The molecule has 2 unspecified atom stereocenters.